The lowest BCUT2D eigenvalue weighted by Gasteiger charge is -1.96. The number of aromatic amines is 1. The van der Waals surface area contributed by atoms with Crippen molar-refractivity contribution in [1.29, 1.82) is 0 Å². The minimum atomic E-state index is -2.61. The lowest BCUT2D eigenvalue weighted by molar-refractivity contribution is 0.111. The van der Waals surface area contributed by atoms with Gasteiger partial charge < -0.3 is 5.73 Å². The number of nitrogens with zero attached hydrogens (tertiary/aromatic N) is 2. The maximum Gasteiger partial charge on any atom is 0.257 e. The summed E-state index contributed by atoms with van der Waals surface area (Å²) in [6.45, 7) is 0. The zero-order valence-corrected chi connectivity index (χ0v) is 7.67. The number of nitrogens with one attached hydrogen (secondary N) is 1. The van der Waals surface area contributed by atoms with Gasteiger partial charge in [-0.2, -0.15) is 5.10 Å². The Morgan fingerprint density at radius 2 is 2.27 bits per heavy atom. The van der Waals surface area contributed by atoms with Gasteiger partial charge in [-0.25, -0.2) is 13.8 Å². The molecule has 1 unspecified atom stereocenters. The van der Waals surface area contributed by atoms with Crippen molar-refractivity contribution in [2.24, 2.45) is 0 Å². The van der Waals surface area contributed by atoms with Gasteiger partial charge in [0, 0.05) is 11.8 Å². The molecule has 0 bridgehead atoms. The van der Waals surface area contributed by atoms with Crippen LogP contribution in [0.15, 0.2) is 12.3 Å². The van der Waals surface area contributed by atoms with Crippen LogP contribution in [0.25, 0.3) is 11.0 Å². The summed E-state index contributed by atoms with van der Waals surface area (Å²) in [4.78, 5) is 3.95. The molecular weight excluding hydrogens is 202 g/mol. The molecule has 4 nitrogen and oxygen atoms in total. The molecule has 1 fully saturated rings. The number of pyridine rings is 1. The molecular formula is C9H8F2N4. The summed E-state index contributed by atoms with van der Waals surface area (Å²) < 4.78 is 25.8. The summed E-state index contributed by atoms with van der Waals surface area (Å²) >= 11 is 0. The van der Waals surface area contributed by atoms with Crippen LogP contribution in [0.5, 0.6) is 0 Å². The molecule has 1 aliphatic carbocycles. The Hall–Kier alpha value is -1.72. The van der Waals surface area contributed by atoms with E-state index in [-0.39, 0.29) is 6.42 Å². The molecule has 2 aromatic rings. The Labute approximate surface area is 83.5 Å². The fourth-order valence-corrected chi connectivity index (χ4v) is 1.73. The highest BCUT2D eigenvalue weighted by Crippen LogP contribution is 2.56. The third kappa shape index (κ3) is 1.17. The van der Waals surface area contributed by atoms with E-state index in [2.05, 4.69) is 15.2 Å². The molecule has 0 spiro atoms. The first kappa shape index (κ1) is 8.58. The van der Waals surface area contributed by atoms with Gasteiger partial charge in [-0.15, -0.1) is 0 Å². The van der Waals surface area contributed by atoms with E-state index in [1.54, 1.807) is 6.07 Å². The quantitative estimate of drug-likeness (QED) is 0.752. The molecule has 78 valence electrons. The summed E-state index contributed by atoms with van der Waals surface area (Å²) in [5.41, 5.74) is 6.87. The van der Waals surface area contributed by atoms with Crippen LogP contribution >= 0.6 is 0 Å². The van der Waals surface area contributed by atoms with E-state index < -0.39 is 11.8 Å². The molecule has 1 atom stereocenters. The van der Waals surface area contributed by atoms with Crippen molar-refractivity contribution in [3.8, 4) is 0 Å². The lowest BCUT2D eigenvalue weighted by Crippen LogP contribution is -1.94. The monoisotopic (exact) mass is 210 g/mol. The van der Waals surface area contributed by atoms with Gasteiger partial charge in [0.2, 0.25) is 0 Å². The summed E-state index contributed by atoms with van der Waals surface area (Å²) in [6.07, 6.45) is 1.33. The zero-order valence-electron chi connectivity index (χ0n) is 7.67. The van der Waals surface area contributed by atoms with Gasteiger partial charge in [0.1, 0.15) is 0 Å². The molecule has 0 aromatic carbocycles. The molecule has 0 amide bonds. The van der Waals surface area contributed by atoms with Crippen molar-refractivity contribution in [3.63, 3.8) is 0 Å². The molecule has 15 heavy (non-hydrogen) atoms. The van der Waals surface area contributed by atoms with Gasteiger partial charge in [0.15, 0.2) is 5.65 Å². The van der Waals surface area contributed by atoms with Crippen LogP contribution in [0.3, 0.4) is 0 Å². The fourth-order valence-electron chi connectivity index (χ4n) is 1.73. The Kier molecular flexibility index (Phi) is 1.40. The highest BCUT2D eigenvalue weighted by molar-refractivity contribution is 5.81. The number of H-pyrrole nitrogens is 1. The minimum Gasteiger partial charge on any atom is -0.397 e. The van der Waals surface area contributed by atoms with E-state index in [1.807, 2.05) is 0 Å². The summed E-state index contributed by atoms with van der Waals surface area (Å²) in [6, 6.07) is 1.62. The molecule has 0 radical (unpaired) electrons. The van der Waals surface area contributed by atoms with E-state index in [0.29, 0.717) is 22.4 Å². The standard InChI is InChI=1S/C9H8F2N4/c10-9(11)2-6(9)7-5-1-4(12)3-13-8(5)15-14-7/h1,3,6H,2,12H2,(H,13,14,15). The van der Waals surface area contributed by atoms with Gasteiger partial charge in [-0.1, -0.05) is 0 Å². The highest BCUT2D eigenvalue weighted by atomic mass is 19.3. The van der Waals surface area contributed by atoms with Gasteiger partial charge in [0.25, 0.3) is 5.92 Å². The number of fused-ring (bicyclic) bond motifs is 1. The fraction of sp³-hybridized carbons (Fsp3) is 0.333. The number of alkyl halides is 2. The number of hydrogen-bond acceptors (Lipinski definition) is 3. The molecule has 3 N–H and O–H groups in total. The Morgan fingerprint density at radius 1 is 1.53 bits per heavy atom. The molecule has 2 heterocycles. The molecule has 3 rings (SSSR count). The van der Waals surface area contributed by atoms with E-state index in [1.165, 1.54) is 6.20 Å². The first-order valence-corrected chi connectivity index (χ1v) is 4.55. The maximum atomic E-state index is 12.9. The van der Waals surface area contributed by atoms with Crippen LogP contribution in [0.4, 0.5) is 14.5 Å². The average molecular weight is 210 g/mol. The highest BCUT2D eigenvalue weighted by Gasteiger charge is 2.59. The minimum absolute atomic E-state index is 0.126. The number of anilines is 1. The van der Waals surface area contributed by atoms with Crippen molar-refractivity contribution in [2.45, 2.75) is 18.3 Å². The number of nitrogens with two attached hydrogens (primary N) is 1. The lowest BCUT2D eigenvalue weighted by atomic mass is 10.2. The molecule has 1 aliphatic rings. The van der Waals surface area contributed by atoms with Crippen molar-refractivity contribution in [1.82, 2.24) is 15.2 Å². The third-order valence-electron chi connectivity index (χ3n) is 2.63. The summed E-state index contributed by atoms with van der Waals surface area (Å²) in [7, 11) is 0. The Balaban J connectivity index is 2.16. The van der Waals surface area contributed by atoms with Gasteiger partial charge in [0.05, 0.1) is 23.5 Å². The number of aromatic nitrogens is 3. The van der Waals surface area contributed by atoms with Crippen LogP contribution in [-0.4, -0.2) is 21.1 Å². The number of nitrogen functional groups attached to an aromatic ring is 1. The smallest absolute Gasteiger partial charge is 0.257 e. The largest absolute Gasteiger partial charge is 0.397 e. The van der Waals surface area contributed by atoms with Crippen LogP contribution in [0.2, 0.25) is 0 Å². The van der Waals surface area contributed by atoms with Crippen LogP contribution < -0.4 is 5.73 Å². The number of rotatable bonds is 1. The van der Waals surface area contributed by atoms with Crippen molar-refractivity contribution in [3.05, 3.63) is 18.0 Å². The summed E-state index contributed by atoms with van der Waals surface area (Å²) in [5.74, 6) is -3.37. The molecule has 0 aliphatic heterocycles. The SMILES string of the molecule is Nc1cnc2n[nH]c(C3CC3(F)F)c2c1. The van der Waals surface area contributed by atoms with Gasteiger partial charge in [-0.05, 0) is 6.07 Å². The topological polar surface area (TPSA) is 67.6 Å². The van der Waals surface area contributed by atoms with Crippen LogP contribution in [0.1, 0.15) is 18.0 Å². The molecule has 2 aromatic heterocycles. The number of halogens is 2. The second kappa shape index (κ2) is 2.44. The average Bonchev–Trinajstić information content (AvgIpc) is 2.64. The first-order valence-electron chi connectivity index (χ1n) is 4.55. The van der Waals surface area contributed by atoms with Crippen LogP contribution in [-0.2, 0) is 0 Å². The Bertz CT molecular complexity index is 534. The van der Waals surface area contributed by atoms with Gasteiger partial charge in [-0.3, -0.25) is 5.10 Å². The van der Waals surface area contributed by atoms with Gasteiger partial charge >= 0.3 is 0 Å². The zero-order chi connectivity index (χ0) is 10.6. The molecule has 1 saturated carbocycles. The predicted molar refractivity (Wildman–Crippen MR) is 50.6 cm³/mol. The predicted octanol–water partition coefficient (Wildman–Crippen LogP) is 1.66. The molecule has 6 heteroatoms. The molecule has 0 saturated heterocycles. The second-order valence-corrected chi connectivity index (χ2v) is 3.79. The van der Waals surface area contributed by atoms with E-state index in [4.69, 9.17) is 5.73 Å². The third-order valence-corrected chi connectivity index (χ3v) is 2.63. The van der Waals surface area contributed by atoms with Crippen molar-refractivity contribution in [2.75, 3.05) is 5.73 Å². The summed E-state index contributed by atoms with van der Waals surface area (Å²) in [5, 5.41) is 7.07. The Morgan fingerprint density at radius 3 is 2.93 bits per heavy atom. The number of hydrogen-bond donors (Lipinski definition) is 2. The maximum absolute atomic E-state index is 12.9. The van der Waals surface area contributed by atoms with E-state index >= 15 is 0 Å². The van der Waals surface area contributed by atoms with Crippen LogP contribution in [0, 0.1) is 0 Å². The van der Waals surface area contributed by atoms with Crippen molar-refractivity contribution < 1.29 is 8.78 Å². The van der Waals surface area contributed by atoms with Crippen molar-refractivity contribution >= 4 is 16.7 Å². The van der Waals surface area contributed by atoms with E-state index in [0.717, 1.165) is 0 Å². The normalized spacial score (nSPS) is 23.2. The van der Waals surface area contributed by atoms with E-state index in [9.17, 15) is 8.78 Å². The first-order chi connectivity index (χ1) is 7.08. The second-order valence-electron chi connectivity index (χ2n) is 3.79.